The molecule has 2 rings (SSSR count). The van der Waals surface area contributed by atoms with Crippen molar-refractivity contribution in [1.29, 1.82) is 0 Å². The monoisotopic (exact) mass is 306 g/mol. The van der Waals surface area contributed by atoms with Crippen molar-refractivity contribution in [2.24, 2.45) is 5.92 Å². The molecule has 1 fully saturated rings. The Morgan fingerprint density at radius 3 is 2.36 bits per heavy atom. The van der Waals surface area contributed by atoms with Gasteiger partial charge in [0.1, 0.15) is 5.75 Å². The van der Waals surface area contributed by atoms with Crippen LogP contribution in [-0.2, 0) is 9.59 Å². The zero-order chi connectivity index (χ0) is 15.9. The Labute approximate surface area is 129 Å². The number of carboxylic acid groups (broad SMARTS) is 1. The van der Waals surface area contributed by atoms with E-state index in [4.69, 9.17) is 0 Å². The van der Waals surface area contributed by atoms with Crippen LogP contribution in [0.1, 0.15) is 25.7 Å². The van der Waals surface area contributed by atoms with Crippen molar-refractivity contribution in [1.82, 2.24) is 4.90 Å². The van der Waals surface area contributed by atoms with Gasteiger partial charge in [0.25, 0.3) is 0 Å². The van der Waals surface area contributed by atoms with Gasteiger partial charge in [-0.1, -0.05) is 6.42 Å². The summed E-state index contributed by atoms with van der Waals surface area (Å²) in [5.41, 5.74) is 0.546. The van der Waals surface area contributed by atoms with Gasteiger partial charge in [0.15, 0.2) is 0 Å². The highest BCUT2D eigenvalue weighted by Gasteiger charge is 2.25. The van der Waals surface area contributed by atoms with Crippen LogP contribution >= 0.6 is 0 Å². The molecule has 6 heteroatoms. The second kappa shape index (κ2) is 7.79. The number of phenols is 1. The minimum atomic E-state index is -0.938. The lowest BCUT2D eigenvalue weighted by Gasteiger charge is -2.28. The number of amides is 1. The summed E-state index contributed by atoms with van der Waals surface area (Å²) in [6, 6.07) is 6.09. The van der Waals surface area contributed by atoms with E-state index in [2.05, 4.69) is 10.2 Å². The molecule has 1 aliphatic heterocycles. The molecule has 1 aromatic carbocycles. The maximum Gasteiger partial charge on any atom is 0.308 e. The number of piperidine rings is 1. The third-order valence-corrected chi connectivity index (χ3v) is 3.86. The third-order valence-electron chi connectivity index (χ3n) is 3.86. The molecule has 1 heterocycles. The largest absolute Gasteiger partial charge is 0.508 e. The normalized spacial score (nSPS) is 16.9. The Kier molecular flexibility index (Phi) is 5.77. The number of nitrogens with one attached hydrogen (secondary N) is 1. The predicted octanol–water partition coefficient (Wildman–Crippen LogP) is 1.91. The summed E-state index contributed by atoms with van der Waals surface area (Å²) in [5, 5.41) is 21.2. The second-order valence-electron chi connectivity index (χ2n) is 5.70. The molecule has 1 aromatic rings. The SMILES string of the molecule is O=C(C[C@H](CN1CCCCC1)C(=O)O)Nc1ccc(O)cc1. The molecular weight excluding hydrogens is 284 g/mol. The molecule has 0 aliphatic carbocycles. The van der Waals surface area contributed by atoms with Crippen LogP contribution in [0.15, 0.2) is 24.3 Å². The van der Waals surface area contributed by atoms with Gasteiger partial charge in [-0.15, -0.1) is 0 Å². The fraction of sp³-hybridized carbons (Fsp3) is 0.500. The van der Waals surface area contributed by atoms with Gasteiger partial charge in [0.05, 0.1) is 5.92 Å². The molecule has 22 heavy (non-hydrogen) atoms. The number of carbonyl (C=O) groups is 2. The Bertz CT molecular complexity index is 509. The Balaban J connectivity index is 1.87. The van der Waals surface area contributed by atoms with E-state index in [1.165, 1.54) is 18.6 Å². The zero-order valence-corrected chi connectivity index (χ0v) is 12.5. The Morgan fingerprint density at radius 1 is 1.14 bits per heavy atom. The van der Waals surface area contributed by atoms with Crippen molar-refractivity contribution in [3.63, 3.8) is 0 Å². The van der Waals surface area contributed by atoms with Crippen molar-refractivity contribution in [3.05, 3.63) is 24.3 Å². The molecule has 0 saturated carbocycles. The summed E-state index contributed by atoms with van der Waals surface area (Å²) in [7, 11) is 0. The van der Waals surface area contributed by atoms with E-state index < -0.39 is 11.9 Å². The van der Waals surface area contributed by atoms with Gasteiger partial charge < -0.3 is 20.4 Å². The molecule has 1 amide bonds. The lowest BCUT2D eigenvalue weighted by Crippen LogP contribution is -2.38. The van der Waals surface area contributed by atoms with Crippen LogP contribution < -0.4 is 5.32 Å². The number of anilines is 1. The van der Waals surface area contributed by atoms with Crippen LogP contribution in [0.4, 0.5) is 5.69 Å². The Hall–Kier alpha value is -2.08. The van der Waals surface area contributed by atoms with Crippen LogP contribution in [0, 0.1) is 5.92 Å². The second-order valence-corrected chi connectivity index (χ2v) is 5.70. The summed E-state index contributed by atoms with van der Waals surface area (Å²) in [6.45, 7) is 2.23. The first kappa shape index (κ1) is 16.3. The average Bonchev–Trinajstić information content (AvgIpc) is 2.50. The highest BCUT2D eigenvalue weighted by molar-refractivity contribution is 5.93. The van der Waals surface area contributed by atoms with E-state index in [0.29, 0.717) is 12.2 Å². The number of carboxylic acids is 1. The van der Waals surface area contributed by atoms with E-state index >= 15 is 0 Å². The summed E-state index contributed by atoms with van der Waals surface area (Å²) in [4.78, 5) is 25.5. The van der Waals surface area contributed by atoms with Crippen molar-refractivity contribution >= 4 is 17.6 Å². The molecule has 1 saturated heterocycles. The summed E-state index contributed by atoms with van der Waals surface area (Å²) in [5.74, 6) is -1.84. The van der Waals surface area contributed by atoms with E-state index in [9.17, 15) is 19.8 Å². The van der Waals surface area contributed by atoms with Crippen molar-refractivity contribution in [2.75, 3.05) is 25.0 Å². The molecule has 0 aromatic heterocycles. The first-order valence-electron chi connectivity index (χ1n) is 7.58. The van der Waals surface area contributed by atoms with Gasteiger partial charge >= 0.3 is 5.97 Å². The average molecular weight is 306 g/mol. The molecule has 6 nitrogen and oxygen atoms in total. The highest BCUT2D eigenvalue weighted by Crippen LogP contribution is 2.16. The maximum atomic E-state index is 12.0. The van der Waals surface area contributed by atoms with Gasteiger partial charge in [-0.2, -0.15) is 0 Å². The first-order valence-corrected chi connectivity index (χ1v) is 7.58. The minimum absolute atomic E-state index is 0.0489. The molecule has 1 atom stereocenters. The van der Waals surface area contributed by atoms with Gasteiger partial charge in [0.2, 0.25) is 5.91 Å². The number of phenolic OH excluding ortho intramolecular Hbond substituents is 1. The van der Waals surface area contributed by atoms with E-state index in [1.54, 1.807) is 12.1 Å². The molecule has 3 N–H and O–H groups in total. The van der Waals surface area contributed by atoms with Crippen LogP contribution in [0.2, 0.25) is 0 Å². The van der Waals surface area contributed by atoms with Crippen molar-refractivity contribution < 1.29 is 19.8 Å². The number of hydrogen-bond acceptors (Lipinski definition) is 4. The van der Waals surface area contributed by atoms with E-state index in [1.807, 2.05) is 0 Å². The number of benzene rings is 1. The summed E-state index contributed by atoms with van der Waals surface area (Å²) in [6.07, 6.45) is 3.32. The van der Waals surface area contributed by atoms with Crippen molar-refractivity contribution in [2.45, 2.75) is 25.7 Å². The number of hydrogen-bond donors (Lipinski definition) is 3. The standard InChI is InChI=1S/C16H22N2O4/c19-14-6-4-13(5-7-14)17-15(20)10-12(16(21)22)11-18-8-2-1-3-9-18/h4-7,12,19H,1-3,8-11H2,(H,17,20)(H,21,22)/t12-/m1/s1. The number of carbonyl (C=O) groups excluding carboxylic acids is 1. The molecule has 1 aliphatic rings. The quantitative estimate of drug-likeness (QED) is 0.699. The van der Waals surface area contributed by atoms with Crippen LogP contribution in [0.25, 0.3) is 0 Å². The topological polar surface area (TPSA) is 89.9 Å². The van der Waals surface area contributed by atoms with E-state index in [-0.39, 0.29) is 18.1 Å². The number of aromatic hydroxyl groups is 1. The predicted molar refractivity (Wildman–Crippen MR) is 82.8 cm³/mol. The van der Waals surface area contributed by atoms with Gasteiger partial charge in [-0.3, -0.25) is 9.59 Å². The smallest absolute Gasteiger partial charge is 0.308 e. The number of aliphatic carboxylic acids is 1. The molecule has 0 radical (unpaired) electrons. The van der Waals surface area contributed by atoms with Gasteiger partial charge in [0, 0.05) is 18.7 Å². The van der Waals surface area contributed by atoms with Crippen molar-refractivity contribution in [3.8, 4) is 5.75 Å². The number of likely N-dealkylation sites (tertiary alicyclic amines) is 1. The summed E-state index contributed by atoms with van der Waals surface area (Å²) < 4.78 is 0. The Morgan fingerprint density at radius 2 is 1.77 bits per heavy atom. The fourth-order valence-corrected chi connectivity index (χ4v) is 2.66. The van der Waals surface area contributed by atoms with E-state index in [0.717, 1.165) is 25.9 Å². The molecule has 0 bridgehead atoms. The molecule has 0 unspecified atom stereocenters. The van der Waals surface area contributed by atoms with Gasteiger partial charge in [-0.25, -0.2) is 0 Å². The van der Waals surface area contributed by atoms with Gasteiger partial charge in [-0.05, 0) is 50.2 Å². The molecule has 120 valence electrons. The number of rotatable bonds is 6. The fourth-order valence-electron chi connectivity index (χ4n) is 2.66. The highest BCUT2D eigenvalue weighted by atomic mass is 16.4. The van der Waals surface area contributed by atoms with Crippen LogP contribution in [0.5, 0.6) is 5.75 Å². The number of nitrogens with zero attached hydrogens (tertiary/aromatic N) is 1. The summed E-state index contributed by atoms with van der Waals surface area (Å²) >= 11 is 0. The lowest BCUT2D eigenvalue weighted by molar-refractivity contribution is -0.144. The minimum Gasteiger partial charge on any atom is -0.508 e. The molecular formula is C16H22N2O4. The molecule has 0 spiro atoms. The lowest BCUT2D eigenvalue weighted by atomic mass is 10.0. The maximum absolute atomic E-state index is 12.0. The van der Waals surface area contributed by atoms with Crippen LogP contribution in [0.3, 0.4) is 0 Å². The third kappa shape index (κ3) is 5.04. The first-order chi connectivity index (χ1) is 10.5. The van der Waals surface area contributed by atoms with Crippen LogP contribution in [-0.4, -0.2) is 46.6 Å². The zero-order valence-electron chi connectivity index (χ0n) is 12.5.